The predicted molar refractivity (Wildman–Crippen MR) is 119 cm³/mol. The molecule has 0 aromatic heterocycles. The van der Waals surface area contributed by atoms with Crippen molar-refractivity contribution < 1.29 is 19.7 Å². The third-order valence-corrected chi connectivity index (χ3v) is 11.8. The highest BCUT2D eigenvalue weighted by molar-refractivity contribution is 5.17. The van der Waals surface area contributed by atoms with Gasteiger partial charge in [0.05, 0.1) is 24.9 Å². The largest absolute Gasteiger partial charge is 0.393 e. The van der Waals surface area contributed by atoms with Crippen molar-refractivity contribution in [2.24, 2.45) is 52.3 Å². The van der Waals surface area contributed by atoms with E-state index in [4.69, 9.17) is 9.47 Å². The maximum atomic E-state index is 11.7. The Morgan fingerprint density at radius 1 is 0.871 bits per heavy atom. The Hall–Kier alpha value is -0.160. The average molecular weight is 433 g/mol. The summed E-state index contributed by atoms with van der Waals surface area (Å²) in [5, 5.41) is 22.0. The minimum atomic E-state index is -0.374. The van der Waals surface area contributed by atoms with Crippen LogP contribution in [-0.4, -0.2) is 40.9 Å². The second-order valence-electron chi connectivity index (χ2n) is 13.3. The minimum Gasteiger partial charge on any atom is -0.393 e. The maximum Gasteiger partial charge on any atom is 0.171 e. The number of aliphatic hydroxyl groups is 2. The Balaban J connectivity index is 1.29. The van der Waals surface area contributed by atoms with Gasteiger partial charge in [-0.25, -0.2) is 0 Å². The fourth-order valence-corrected chi connectivity index (χ4v) is 10.4. The van der Waals surface area contributed by atoms with Gasteiger partial charge in [-0.3, -0.25) is 0 Å². The van der Waals surface area contributed by atoms with Gasteiger partial charge in [0, 0.05) is 12.3 Å². The highest BCUT2D eigenvalue weighted by atomic mass is 16.7. The Bertz CT molecular complexity index is 716. The number of ether oxygens (including phenoxy) is 2. The third-order valence-electron chi connectivity index (χ3n) is 11.8. The summed E-state index contributed by atoms with van der Waals surface area (Å²) in [5.41, 5.74) is 0.342. The number of hydrogen-bond donors (Lipinski definition) is 2. The highest BCUT2D eigenvalue weighted by Crippen LogP contribution is 2.71. The second kappa shape index (κ2) is 6.93. The van der Waals surface area contributed by atoms with Crippen LogP contribution >= 0.6 is 0 Å². The molecule has 0 aromatic rings. The number of hydrogen-bond acceptors (Lipinski definition) is 4. The molecule has 4 nitrogen and oxygen atoms in total. The van der Waals surface area contributed by atoms with Crippen LogP contribution in [0.4, 0.5) is 0 Å². The Kier molecular flexibility index (Phi) is 4.78. The van der Waals surface area contributed by atoms with Crippen LogP contribution in [0.15, 0.2) is 0 Å². The van der Waals surface area contributed by atoms with Crippen molar-refractivity contribution in [3.05, 3.63) is 0 Å². The number of aliphatic hydroxyl groups excluding tert-OH is 2. The van der Waals surface area contributed by atoms with Gasteiger partial charge in [0.2, 0.25) is 0 Å². The molecule has 2 aliphatic heterocycles. The Morgan fingerprint density at radius 3 is 2.42 bits per heavy atom. The second-order valence-corrected chi connectivity index (χ2v) is 13.3. The van der Waals surface area contributed by atoms with Gasteiger partial charge in [-0.05, 0) is 97.7 Å². The zero-order valence-electron chi connectivity index (χ0n) is 20.1. The lowest BCUT2D eigenvalue weighted by Crippen LogP contribution is -2.59. The topological polar surface area (TPSA) is 58.9 Å². The molecular formula is C27H44O4. The molecule has 6 fully saturated rings. The molecule has 6 rings (SSSR count). The van der Waals surface area contributed by atoms with E-state index in [-0.39, 0.29) is 28.8 Å². The monoisotopic (exact) mass is 432 g/mol. The van der Waals surface area contributed by atoms with Crippen molar-refractivity contribution in [3.63, 3.8) is 0 Å². The van der Waals surface area contributed by atoms with Crippen LogP contribution in [0.25, 0.3) is 0 Å². The van der Waals surface area contributed by atoms with Crippen LogP contribution in [0.2, 0.25) is 0 Å². The number of fused-ring (bicyclic) bond motifs is 7. The van der Waals surface area contributed by atoms with Crippen LogP contribution in [-0.2, 0) is 9.47 Å². The molecule has 176 valence electrons. The first-order chi connectivity index (χ1) is 14.7. The van der Waals surface area contributed by atoms with Crippen LogP contribution in [0.1, 0.15) is 85.5 Å². The molecule has 0 bridgehead atoms. The van der Waals surface area contributed by atoms with Crippen molar-refractivity contribution >= 4 is 0 Å². The van der Waals surface area contributed by atoms with Crippen molar-refractivity contribution in [2.45, 2.75) is 110 Å². The SMILES string of the molecule is C[C@@H]1CC[C@@]2(OC1)O[C@H]1C[C@H]3[C@@H]4CC[C@H]5C[C@@H](O)CC[C@]5(C)[C@H]4C(O)C[C@]3(C)[C@H]1[C@@H]2C. The summed E-state index contributed by atoms with van der Waals surface area (Å²) in [7, 11) is 0. The van der Waals surface area contributed by atoms with Gasteiger partial charge < -0.3 is 19.7 Å². The van der Waals surface area contributed by atoms with E-state index in [1.807, 2.05) is 0 Å². The highest BCUT2D eigenvalue weighted by Gasteiger charge is 2.70. The standard InChI is InChI=1S/C27H44O4/c1-15-7-10-27(30-14-15)16(2)23-22(31-27)12-20-19-6-5-17-11-18(28)8-9-25(17,3)24(19)21(29)13-26(20,23)4/h15-24,28-29H,5-14H2,1-4H3/t15-,16+,17+,18+,19+,20+,21?,22+,23+,24-,25+,26+,27-/m1/s1. The zero-order valence-corrected chi connectivity index (χ0v) is 20.1. The van der Waals surface area contributed by atoms with Gasteiger partial charge in [-0.2, -0.15) is 0 Å². The van der Waals surface area contributed by atoms with E-state index in [2.05, 4.69) is 27.7 Å². The zero-order chi connectivity index (χ0) is 21.8. The summed E-state index contributed by atoms with van der Waals surface area (Å²) in [6.45, 7) is 10.4. The molecule has 2 saturated heterocycles. The molecule has 6 aliphatic rings. The van der Waals surface area contributed by atoms with Crippen molar-refractivity contribution in [3.8, 4) is 0 Å². The summed E-state index contributed by atoms with van der Waals surface area (Å²) < 4.78 is 13.3. The molecule has 2 heterocycles. The van der Waals surface area contributed by atoms with Crippen LogP contribution in [0, 0.1) is 52.3 Å². The van der Waals surface area contributed by atoms with Crippen molar-refractivity contribution in [1.29, 1.82) is 0 Å². The minimum absolute atomic E-state index is 0.130. The van der Waals surface area contributed by atoms with Crippen molar-refractivity contribution in [2.75, 3.05) is 6.61 Å². The van der Waals surface area contributed by atoms with Gasteiger partial charge in [-0.1, -0.05) is 27.7 Å². The van der Waals surface area contributed by atoms with Gasteiger partial charge >= 0.3 is 0 Å². The molecule has 0 radical (unpaired) electrons. The molecule has 2 N–H and O–H groups in total. The lowest BCUT2D eigenvalue weighted by Gasteiger charge is -2.62. The molecule has 0 amide bonds. The first-order valence-corrected chi connectivity index (χ1v) is 13.4. The normalized spacial score (nSPS) is 63.3. The van der Waals surface area contributed by atoms with E-state index in [0.29, 0.717) is 47.5 Å². The van der Waals surface area contributed by atoms with Gasteiger partial charge in [-0.15, -0.1) is 0 Å². The molecular weight excluding hydrogens is 388 g/mol. The average Bonchev–Trinajstić information content (AvgIpc) is 3.15. The van der Waals surface area contributed by atoms with E-state index in [0.717, 1.165) is 45.1 Å². The van der Waals surface area contributed by atoms with Crippen LogP contribution < -0.4 is 0 Å². The fraction of sp³-hybridized carbons (Fsp3) is 1.00. The van der Waals surface area contributed by atoms with Gasteiger partial charge in [0.1, 0.15) is 0 Å². The van der Waals surface area contributed by atoms with E-state index in [1.54, 1.807) is 0 Å². The lowest BCUT2D eigenvalue weighted by atomic mass is 9.43. The van der Waals surface area contributed by atoms with Crippen LogP contribution in [0.5, 0.6) is 0 Å². The first kappa shape index (κ1) is 21.4. The third kappa shape index (κ3) is 2.80. The number of rotatable bonds is 0. The predicted octanol–water partition coefficient (Wildman–Crippen LogP) is 4.76. The molecule has 1 unspecified atom stereocenters. The fourth-order valence-electron chi connectivity index (χ4n) is 10.4. The molecule has 0 aromatic carbocycles. The summed E-state index contributed by atoms with van der Waals surface area (Å²) in [5.74, 6) is 3.40. The molecule has 4 saturated carbocycles. The lowest BCUT2D eigenvalue weighted by molar-refractivity contribution is -0.274. The van der Waals surface area contributed by atoms with Gasteiger partial charge in [0.15, 0.2) is 5.79 Å². The smallest absolute Gasteiger partial charge is 0.171 e. The Labute approximate surface area is 188 Å². The molecule has 4 heteroatoms. The van der Waals surface area contributed by atoms with E-state index in [9.17, 15) is 10.2 Å². The molecule has 13 atom stereocenters. The first-order valence-electron chi connectivity index (χ1n) is 13.4. The maximum absolute atomic E-state index is 11.7. The Morgan fingerprint density at radius 2 is 1.68 bits per heavy atom. The quantitative estimate of drug-likeness (QED) is 0.579. The molecule has 31 heavy (non-hydrogen) atoms. The summed E-state index contributed by atoms with van der Waals surface area (Å²) in [4.78, 5) is 0. The molecule has 4 aliphatic carbocycles. The van der Waals surface area contributed by atoms with Crippen LogP contribution in [0.3, 0.4) is 0 Å². The van der Waals surface area contributed by atoms with E-state index >= 15 is 0 Å². The van der Waals surface area contributed by atoms with E-state index in [1.165, 1.54) is 19.3 Å². The summed E-state index contributed by atoms with van der Waals surface area (Å²) in [6, 6.07) is 0. The summed E-state index contributed by atoms with van der Waals surface area (Å²) >= 11 is 0. The summed E-state index contributed by atoms with van der Waals surface area (Å²) in [6.07, 6.45) is 9.63. The van der Waals surface area contributed by atoms with Crippen molar-refractivity contribution in [1.82, 2.24) is 0 Å². The van der Waals surface area contributed by atoms with Gasteiger partial charge in [0.25, 0.3) is 0 Å². The molecule has 1 spiro atoms. The van der Waals surface area contributed by atoms with E-state index < -0.39 is 0 Å².